The highest BCUT2D eigenvalue weighted by Crippen LogP contribution is 2.21. The van der Waals surface area contributed by atoms with E-state index in [1.54, 1.807) is 20.0 Å². The quantitative estimate of drug-likeness (QED) is 0.886. The Morgan fingerprint density at radius 2 is 2.13 bits per heavy atom. The fourth-order valence-corrected chi connectivity index (χ4v) is 1.24. The zero-order chi connectivity index (χ0) is 11.6. The predicted octanol–water partition coefficient (Wildman–Crippen LogP) is 2.12. The fraction of sp³-hybridized carbons (Fsp3) is 0.600. The molecule has 0 radical (unpaired) electrons. The van der Waals surface area contributed by atoms with E-state index in [4.69, 9.17) is 0 Å². The van der Waals surface area contributed by atoms with Gasteiger partial charge in [-0.15, -0.1) is 0 Å². The van der Waals surface area contributed by atoms with E-state index in [9.17, 15) is 5.11 Å². The summed E-state index contributed by atoms with van der Waals surface area (Å²) in [4.78, 5) is 8.29. The minimum Gasteiger partial charge on any atom is -0.388 e. The number of hydrogen-bond acceptors (Lipinski definition) is 4. The minimum atomic E-state index is -0.793. The Hall–Kier alpha value is -0.680. The van der Waals surface area contributed by atoms with Gasteiger partial charge in [0, 0.05) is 6.20 Å². The lowest BCUT2D eigenvalue weighted by Crippen LogP contribution is -2.39. The minimum absolute atomic E-state index is 0.0944. The zero-order valence-electron chi connectivity index (χ0n) is 9.37. The molecule has 0 fully saturated rings. The van der Waals surface area contributed by atoms with Gasteiger partial charge in [0.15, 0.2) is 0 Å². The molecule has 2 N–H and O–H groups in total. The first-order valence-corrected chi connectivity index (χ1v) is 5.58. The number of nitrogens with zero attached hydrogens (tertiary/aromatic N) is 2. The molecule has 0 aliphatic carbocycles. The molecule has 0 amide bonds. The number of nitrogens with one attached hydrogen (secondary N) is 1. The number of aromatic nitrogens is 2. The molecule has 0 aliphatic heterocycles. The Morgan fingerprint density at radius 1 is 1.53 bits per heavy atom. The Labute approximate surface area is 98.3 Å². The van der Waals surface area contributed by atoms with E-state index in [2.05, 4.69) is 31.2 Å². The summed E-state index contributed by atoms with van der Waals surface area (Å²) in [5, 5.41) is 12.9. The Balaban J connectivity index is 2.85. The van der Waals surface area contributed by atoms with Crippen molar-refractivity contribution < 1.29 is 5.11 Å². The Kier molecular flexibility index (Phi) is 3.67. The third-order valence-electron chi connectivity index (χ3n) is 2.28. The number of anilines is 1. The number of rotatable bonds is 3. The number of halogens is 1. The summed E-state index contributed by atoms with van der Waals surface area (Å²) in [6, 6.07) is -0.0944. The van der Waals surface area contributed by atoms with Crippen LogP contribution in [0.5, 0.6) is 0 Å². The van der Waals surface area contributed by atoms with Crippen molar-refractivity contribution in [3.8, 4) is 0 Å². The van der Waals surface area contributed by atoms with Crippen LogP contribution in [0.1, 0.15) is 26.6 Å². The second-order valence-corrected chi connectivity index (χ2v) is 4.99. The van der Waals surface area contributed by atoms with Gasteiger partial charge in [0.1, 0.15) is 11.6 Å². The largest absolute Gasteiger partial charge is 0.388 e. The molecule has 0 aliphatic rings. The molecule has 0 spiro atoms. The van der Waals surface area contributed by atoms with Gasteiger partial charge in [-0.2, -0.15) is 0 Å². The van der Waals surface area contributed by atoms with Gasteiger partial charge in [0.25, 0.3) is 0 Å². The lowest BCUT2D eigenvalue weighted by molar-refractivity contribution is 0.0647. The van der Waals surface area contributed by atoms with E-state index >= 15 is 0 Å². The maximum atomic E-state index is 9.79. The second-order valence-electron chi connectivity index (χ2n) is 4.13. The van der Waals surface area contributed by atoms with Crippen molar-refractivity contribution in [3.05, 3.63) is 16.5 Å². The van der Waals surface area contributed by atoms with E-state index < -0.39 is 5.60 Å². The molecule has 15 heavy (non-hydrogen) atoms. The smallest absolute Gasteiger partial charge is 0.144 e. The molecule has 1 rings (SSSR count). The molecule has 0 bridgehead atoms. The third kappa shape index (κ3) is 3.43. The molecule has 1 heterocycles. The third-order valence-corrected chi connectivity index (χ3v) is 2.86. The molecule has 1 aromatic heterocycles. The molecule has 0 aromatic carbocycles. The topological polar surface area (TPSA) is 58.0 Å². The molecule has 0 saturated heterocycles. The molecular weight excluding hydrogens is 258 g/mol. The van der Waals surface area contributed by atoms with Crippen molar-refractivity contribution in [2.45, 2.75) is 39.3 Å². The van der Waals surface area contributed by atoms with Gasteiger partial charge >= 0.3 is 0 Å². The van der Waals surface area contributed by atoms with Gasteiger partial charge in [-0.3, -0.25) is 0 Å². The highest BCUT2D eigenvalue weighted by molar-refractivity contribution is 9.10. The molecule has 4 nitrogen and oxygen atoms in total. The monoisotopic (exact) mass is 273 g/mol. The van der Waals surface area contributed by atoms with Gasteiger partial charge in [0.2, 0.25) is 0 Å². The predicted molar refractivity (Wildman–Crippen MR) is 63.9 cm³/mol. The summed E-state index contributed by atoms with van der Waals surface area (Å²) in [6.07, 6.45) is 1.70. The highest BCUT2D eigenvalue weighted by Gasteiger charge is 2.23. The molecule has 0 saturated carbocycles. The van der Waals surface area contributed by atoms with Gasteiger partial charge in [0.05, 0.1) is 16.1 Å². The first-order chi connectivity index (χ1) is 6.80. The van der Waals surface area contributed by atoms with Crippen LogP contribution in [0.15, 0.2) is 10.7 Å². The van der Waals surface area contributed by atoms with Crippen LogP contribution >= 0.6 is 15.9 Å². The van der Waals surface area contributed by atoms with Crippen molar-refractivity contribution >= 4 is 21.7 Å². The molecular formula is C10H16BrN3O. The standard InChI is InChI=1S/C10H16BrN3O/c1-6(10(3,4)15)13-9-8(11)5-12-7(2)14-9/h5-6,15H,1-4H3,(H,12,13,14). The lowest BCUT2D eigenvalue weighted by Gasteiger charge is -2.27. The summed E-state index contributed by atoms with van der Waals surface area (Å²) in [5.41, 5.74) is -0.793. The molecule has 1 aromatic rings. The van der Waals surface area contributed by atoms with Gasteiger partial charge < -0.3 is 10.4 Å². The lowest BCUT2D eigenvalue weighted by atomic mass is 10.0. The molecule has 84 valence electrons. The van der Waals surface area contributed by atoms with E-state index in [1.807, 2.05) is 13.8 Å². The number of hydrogen-bond donors (Lipinski definition) is 2. The number of aliphatic hydroxyl groups is 1. The summed E-state index contributed by atoms with van der Waals surface area (Å²) < 4.78 is 0.796. The summed E-state index contributed by atoms with van der Waals surface area (Å²) in [6.45, 7) is 7.25. The summed E-state index contributed by atoms with van der Waals surface area (Å²) in [5.74, 6) is 1.40. The SMILES string of the molecule is Cc1ncc(Br)c(NC(C)C(C)(C)O)n1. The van der Waals surface area contributed by atoms with Crippen molar-refractivity contribution in [2.75, 3.05) is 5.32 Å². The average Bonchev–Trinajstić information content (AvgIpc) is 2.09. The van der Waals surface area contributed by atoms with Gasteiger partial charge in [-0.1, -0.05) is 0 Å². The normalized spacial score (nSPS) is 13.7. The van der Waals surface area contributed by atoms with Crippen molar-refractivity contribution in [1.82, 2.24) is 9.97 Å². The van der Waals surface area contributed by atoms with Crippen LogP contribution in [0.3, 0.4) is 0 Å². The fourth-order valence-electron chi connectivity index (χ4n) is 0.938. The highest BCUT2D eigenvalue weighted by atomic mass is 79.9. The summed E-state index contributed by atoms with van der Waals surface area (Å²) in [7, 11) is 0. The van der Waals surface area contributed by atoms with E-state index in [0.717, 1.165) is 4.47 Å². The molecule has 1 unspecified atom stereocenters. The van der Waals surface area contributed by atoms with Gasteiger partial charge in [-0.25, -0.2) is 9.97 Å². The van der Waals surface area contributed by atoms with Crippen LogP contribution in [-0.4, -0.2) is 26.7 Å². The molecule has 5 heteroatoms. The van der Waals surface area contributed by atoms with Crippen molar-refractivity contribution in [2.24, 2.45) is 0 Å². The van der Waals surface area contributed by atoms with Crippen LogP contribution in [-0.2, 0) is 0 Å². The van der Waals surface area contributed by atoms with Crippen LogP contribution in [0.25, 0.3) is 0 Å². The first-order valence-electron chi connectivity index (χ1n) is 4.78. The second kappa shape index (κ2) is 4.45. The average molecular weight is 274 g/mol. The first kappa shape index (κ1) is 12.4. The van der Waals surface area contributed by atoms with Crippen LogP contribution in [0, 0.1) is 6.92 Å². The maximum Gasteiger partial charge on any atom is 0.144 e. The van der Waals surface area contributed by atoms with Crippen LogP contribution < -0.4 is 5.32 Å². The zero-order valence-corrected chi connectivity index (χ0v) is 11.0. The Morgan fingerprint density at radius 3 is 2.67 bits per heavy atom. The van der Waals surface area contributed by atoms with E-state index in [1.165, 1.54) is 0 Å². The Bertz CT molecular complexity index is 349. The van der Waals surface area contributed by atoms with E-state index in [0.29, 0.717) is 11.6 Å². The number of aryl methyl sites for hydroxylation is 1. The maximum absolute atomic E-state index is 9.79. The van der Waals surface area contributed by atoms with Gasteiger partial charge in [-0.05, 0) is 43.6 Å². The van der Waals surface area contributed by atoms with Crippen molar-refractivity contribution in [3.63, 3.8) is 0 Å². The summed E-state index contributed by atoms with van der Waals surface area (Å²) >= 11 is 3.36. The molecule has 1 atom stereocenters. The van der Waals surface area contributed by atoms with Crippen molar-refractivity contribution in [1.29, 1.82) is 0 Å². The van der Waals surface area contributed by atoms with Crippen LogP contribution in [0.4, 0.5) is 5.82 Å². The van der Waals surface area contributed by atoms with Crippen LogP contribution in [0.2, 0.25) is 0 Å². The van der Waals surface area contributed by atoms with E-state index in [-0.39, 0.29) is 6.04 Å².